The standard InChI is InChI=1S/C39H54N4O10/c1-28(39(40)51)19-35(47)32(20-30-11-7-5-8-12-30)22-36(48)33(27-44)21-34(46)24-42(16-18-53-4)37(49)26-43(23-31-13-9-6-10-14-31)38(50)25-41(29(2)45)15-17-52-3/h5-14,28,32-33,44H,15-27H2,1-4H3,(H2,40,51). The largest absolute Gasteiger partial charge is 0.396 e. The highest BCUT2D eigenvalue weighted by Gasteiger charge is 2.31. The fourth-order valence-electron chi connectivity index (χ4n) is 5.61. The van der Waals surface area contributed by atoms with Gasteiger partial charge in [-0.15, -0.1) is 0 Å². The Morgan fingerprint density at radius 2 is 1.19 bits per heavy atom. The Bertz CT molecular complexity index is 1500. The van der Waals surface area contributed by atoms with Crippen LogP contribution < -0.4 is 5.73 Å². The van der Waals surface area contributed by atoms with Gasteiger partial charge in [-0.25, -0.2) is 0 Å². The Morgan fingerprint density at radius 3 is 1.72 bits per heavy atom. The van der Waals surface area contributed by atoms with Gasteiger partial charge >= 0.3 is 0 Å². The SMILES string of the molecule is COCCN(CC(=O)N(CC(=O)N(CCOC)CC(=O)CC(CO)C(=O)CC(Cc1ccccc1)C(=O)CC(C)C(N)=O)Cc1ccccc1)C(C)=O. The Morgan fingerprint density at radius 1 is 0.679 bits per heavy atom. The highest BCUT2D eigenvalue weighted by atomic mass is 16.5. The van der Waals surface area contributed by atoms with Crippen LogP contribution in [0.1, 0.15) is 44.2 Å². The molecule has 3 atom stereocenters. The zero-order valence-corrected chi connectivity index (χ0v) is 31.2. The van der Waals surface area contributed by atoms with Crippen molar-refractivity contribution in [1.82, 2.24) is 14.7 Å². The predicted molar refractivity (Wildman–Crippen MR) is 196 cm³/mol. The summed E-state index contributed by atoms with van der Waals surface area (Å²) in [6, 6.07) is 18.1. The normalized spacial score (nSPS) is 12.6. The van der Waals surface area contributed by atoms with Gasteiger partial charge in [-0.05, 0) is 17.5 Å². The van der Waals surface area contributed by atoms with Crippen LogP contribution in [0.5, 0.6) is 0 Å². The van der Waals surface area contributed by atoms with Gasteiger partial charge in [-0.3, -0.25) is 33.6 Å². The third kappa shape index (κ3) is 16.2. The molecule has 14 nitrogen and oxygen atoms in total. The fraction of sp³-hybridized carbons (Fsp3) is 0.513. The summed E-state index contributed by atoms with van der Waals surface area (Å²) in [5.74, 6) is -6.04. The van der Waals surface area contributed by atoms with Gasteiger partial charge in [0.1, 0.15) is 18.1 Å². The lowest BCUT2D eigenvalue weighted by Gasteiger charge is -2.29. The number of rotatable bonds is 26. The number of ether oxygens (including phenoxy) is 2. The van der Waals surface area contributed by atoms with Crippen LogP contribution in [0, 0.1) is 17.8 Å². The first-order valence-electron chi connectivity index (χ1n) is 17.6. The second-order valence-electron chi connectivity index (χ2n) is 13.1. The molecule has 0 aromatic heterocycles. The summed E-state index contributed by atoms with van der Waals surface area (Å²) in [4.78, 5) is 95.2. The lowest BCUT2D eigenvalue weighted by Crippen LogP contribution is -2.48. The highest BCUT2D eigenvalue weighted by molar-refractivity contribution is 5.95. The van der Waals surface area contributed by atoms with Gasteiger partial charge in [0.25, 0.3) is 0 Å². The number of nitrogens with two attached hydrogens (primary N) is 1. The summed E-state index contributed by atoms with van der Waals surface area (Å²) < 4.78 is 10.2. The number of benzene rings is 2. The quantitative estimate of drug-likeness (QED) is 0.143. The molecular weight excluding hydrogens is 684 g/mol. The van der Waals surface area contributed by atoms with Gasteiger partial charge in [0.05, 0.1) is 32.9 Å². The van der Waals surface area contributed by atoms with E-state index in [1.807, 2.05) is 24.3 Å². The summed E-state index contributed by atoms with van der Waals surface area (Å²) in [6.45, 7) is 1.64. The Kier molecular flexibility index (Phi) is 19.8. The van der Waals surface area contributed by atoms with Gasteiger partial charge < -0.3 is 35.0 Å². The molecule has 4 amide bonds. The first-order chi connectivity index (χ1) is 25.3. The Balaban J connectivity index is 2.21. The van der Waals surface area contributed by atoms with Crippen molar-refractivity contribution < 1.29 is 48.1 Å². The molecule has 290 valence electrons. The summed E-state index contributed by atoms with van der Waals surface area (Å²) >= 11 is 0. The van der Waals surface area contributed by atoms with Crippen LogP contribution in [0.3, 0.4) is 0 Å². The first kappa shape index (κ1) is 44.4. The molecule has 2 aromatic carbocycles. The molecular formula is C39H54N4O10. The van der Waals surface area contributed by atoms with Crippen molar-refractivity contribution in [3.8, 4) is 0 Å². The molecule has 0 radical (unpaired) electrons. The van der Waals surface area contributed by atoms with Crippen LogP contribution in [0.15, 0.2) is 60.7 Å². The van der Waals surface area contributed by atoms with E-state index in [1.54, 1.807) is 36.4 Å². The molecule has 0 heterocycles. The maximum Gasteiger partial charge on any atom is 0.242 e. The molecule has 53 heavy (non-hydrogen) atoms. The topological polar surface area (TPSA) is 194 Å². The average Bonchev–Trinajstić information content (AvgIpc) is 3.13. The van der Waals surface area contributed by atoms with Gasteiger partial charge in [-0.1, -0.05) is 67.6 Å². The fourth-order valence-corrected chi connectivity index (χ4v) is 5.61. The van der Waals surface area contributed by atoms with Crippen LogP contribution >= 0.6 is 0 Å². The zero-order chi connectivity index (χ0) is 39.3. The highest BCUT2D eigenvalue weighted by Crippen LogP contribution is 2.21. The van der Waals surface area contributed by atoms with Crippen molar-refractivity contribution in [2.24, 2.45) is 23.5 Å². The number of carbonyl (C=O) groups excluding carboxylic acids is 7. The van der Waals surface area contributed by atoms with E-state index in [9.17, 15) is 38.7 Å². The van der Waals surface area contributed by atoms with E-state index in [4.69, 9.17) is 15.2 Å². The van der Waals surface area contributed by atoms with E-state index in [2.05, 4.69) is 0 Å². The number of Topliss-reactive ketones (excluding diaryl/α,β-unsaturated/α-hetero) is 3. The summed E-state index contributed by atoms with van der Waals surface area (Å²) in [7, 11) is 2.91. The lowest BCUT2D eigenvalue weighted by atomic mass is 9.83. The van der Waals surface area contributed by atoms with Crippen LogP contribution in [-0.4, -0.2) is 128 Å². The van der Waals surface area contributed by atoms with Crippen LogP contribution in [0.25, 0.3) is 0 Å². The molecule has 0 saturated heterocycles. The Hall–Kier alpha value is -4.79. The maximum atomic E-state index is 13.7. The van der Waals surface area contributed by atoms with Gasteiger partial charge in [-0.2, -0.15) is 0 Å². The number of amides is 4. The summed E-state index contributed by atoms with van der Waals surface area (Å²) in [6.07, 6.45) is -0.585. The van der Waals surface area contributed by atoms with E-state index in [-0.39, 0.29) is 70.3 Å². The van der Waals surface area contributed by atoms with E-state index in [0.717, 1.165) is 11.1 Å². The molecule has 0 aliphatic carbocycles. The molecule has 0 bridgehead atoms. The number of hydrogen-bond acceptors (Lipinski definition) is 10. The number of aliphatic hydroxyl groups excluding tert-OH is 1. The van der Waals surface area contributed by atoms with Crippen molar-refractivity contribution in [3.05, 3.63) is 71.8 Å². The van der Waals surface area contributed by atoms with Crippen LogP contribution in [0.4, 0.5) is 0 Å². The smallest absolute Gasteiger partial charge is 0.242 e. The van der Waals surface area contributed by atoms with Crippen molar-refractivity contribution in [2.45, 2.75) is 46.1 Å². The minimum atomic E-state index is -1.14. The van der Waals surface area contributed by atoms with E-state index >= 15 is 0 Å². The molecule has 2 rings (SSSR count). The number of carbonyl (C=O) groups is 7. The van der Waals surface area contributed by atoms with E-state index in [1.165, 1.54) is 42.8 Å². The van der Waals surface area contributed by atoms with E-state index < -0.39 is 73.2 Å². The van der Waals surface area contributed by atoms with Crippen molar-refractivity contribution in [2.75, 3.05) is 66.8 Å². The number of primary amides is 1. The number of nitrogens with zero attached hydrogens (tertiary/aromatic N) is 3. The zero-order valence-electron chi connectivity index (χ0n) is 31.2. The molecule has 0 spiro atoms. The average molecular weight is 739 g/mol. The minimum Gasteiger partial charge on any atom is -0.396 e. The molecule has 2 aromatic rings. The second kappa shape index (κ2) is 23.7. The second-order valence-corrected chi connectivity index (χ2v) is 13.1. The van der Waals surface area contributed by atoms with Crippen molar-refractivity contribution >= 4 is 41.0 Å². The van der Waals surface area contributed by atoms with E-state index in [0.29, 0.717) is 0 Å². The third-order valence-electron chi connectivity index (χ3n) is 8.89. The summed E-state index contributed by atoms with van der Waals surface area (Å²) in [5, 5.41) is 10.2. The Labute approximate surface area is 311 Å². The van der Waals surface area contributed by atoms with Gasteiger partial charge in [0.15, 0.2) is 5.78 Å². The monoisotopic (exact) mass is 738 g/mol. The first-order valence-corrected chi connectivity index (χ1v) is 17.6. The van der Waals surface area contributed by atoms with Crippen LogP contribution in [-0.2, 0) is 56.0 Å². The number of methoxy groups -OCH3 is 2. The molecule has 14 heteroatoms. The maximum absolute atomic E-state index is 13.7. The predicted octanol–water partition coefficient (Wildman–Crippen LogP) is 1.45. The van der Waals surface area contributed by atoms with Gasteiger partial charge in [0, 0.05) is 77.8 Å². The number of aliphatic hydroxyl groups is 1. The van der Waals surface area contributed by atoms with Crippen LogP contribution in [0.2, 0.25) is 0 Å². The molecule has 3 N–H and O–H groups in total. The minimum absolute atomic E-state index is 0.00525. The molecule has 0 fully saturated rings. The molecule has 3 unspecified atom stereocenters. The molecule has 0 saturated carbocycles. The molecule has 0 aliphatic heterocycles. The number of hydrogen-bond donors (Lipinski definition) is 2. The van der Waals surface area contributed by atoms with Crippen molar-refractivity contribution in [1.29, 1.82) is 0 Å². The molecule has 0 aliphatic rings. The number of ketones is 3. The summed E-state index contributed by atoms with van der Waals surface area (Å²) in [5.41, 5.74) is 6.92. The lowest BCUT2D eigenvalue weighted by molar-refractivity contribution is -0.145. The van der Waals surface area contributed by atoms with Gasteiger partial charge in [0.2, 0.25) is 23.6 Å². The third-order valence-corrected chi connectivity index (χ3v) is 8.89. The van der Waals surface area contributed by atoms with Crippen molar-refractivity contribution in [3.63, 3.8) is 0 Å².